The predicted octanol–water partition coefficient (Wildman–Crippen LogP) is 4.96. The SMILES string of the molecule is CCOc1ccc(N2C(=O)C(SCc3ccco3)=C(c3cccs3)C2=O)cc1. The molecule has 28 heavy (non-hydrogen) atoms. The first-order chi connectivity index (χ1) is 13.7. The molecule has 0 unspecified atom stereocenters. The molecule has 0 saturated heterocycles. The van der Waals surface area contributed by atoms with Crippen LogP contribution in [-0.4, -0.2) is 18.4 Å². The van der Waals surface area contributed by atoms with Crippen LogP contribution in [0.2, 0.25) is 0 Å². The molecule has 4 rings (SSSR count). The van der Waals surface area contributed by atoms with Crippen molar-refractivity contribution < 1.29 is 18.7 Å². The van der Waals surface area contributed by atoms with Gasteiger partial charge in [-0.15, -0.1) is 23.1 Å². The summed E-state index contributed by atoms with van der Waals surface area (Å²) in [5, 5.41) is 1.90. The molecule has 3 aromatic rings. The Labute approximate surface area is 170 Å². The van der Waals surface area contributed by atoms with Crippen LogP contribution in [0.5, 0.6) is 5.75 Å². The molecule has 3 heterocycles. The molecule has 5 nitrogen and oxygen atoms in total. The van der Waals surface area contributed by atoms with Gasteiger partial charge in [0.05, 0.1) is 34.8 Å². The molecule has 0 spiro atoms. The van der Waals surface area contributed by atoms with Gasteiger partial charge in [0.1, 0.15) is 11.5 Å². The van der Waals surface area contributed by atoms with Crippen molar-refractivity contribution in [3.05, 3.63) is 75.7 Å². The van der Waals surface area contributed by atoms with E-state index in [-0.39, 0.29) is 11.8 Å². The first-order valence-corrected chi connectivity index (χ1v) is 10.6. The van der Waals surface area contributed by atoms with Crippen LogP contribution in [0.1, 0.15) is 17.6 Å². The molecule has 0 bridgehead atoms. The lowest BCUT2D eigenvalue weighted by Crippen LogP contribution is -2.31. The Morgan fingerprint density at radius 1 is 1.07 bits per heavy atom. The van der Waals surface area contributed by atoms with Crippen LogP contribution in [0.4, 0.5) is 5.69 Å². The fourth-order valence-electron chi connectivity index (χ4n) is 2.91. The third-order valence-electron chi connectivity index (χ3n) is 4.15. The van der Waals surface area contributed by atoms with Crippen molar-refractivity contribution in [1.82, 2.24) is 0 Å². The Morgan fingerprint density at radius 3 is 2.54 bits per heavy atom. The van der Waals surface area contributed by atoms with Crippen molar-refractivity contribution in [1.29, 1.82) is 0 Å². The lowest BCUT2D eigenvalue weighted by molar-refractivity contribution is -0.119. The van der Waals surface area contributed by atoms with Crippen LogP contribution in [0.3, 0.4) is 0 Å². The summed E-state index contributed by atoms with van der Waals surface area (Å²) in [5.41, 5.74) is 0.978. The van der Waals surface area contributed by atoms with Crippen molar-refractivity contribution >= 4 is 46.2 Å². The summed E-state index contributed by atoms with van der Waals surface area (Å²) in [6.45, 7) is 2.46. The van der Waals surface area contributed by atoms with E-state index in [1.54, 1.807) is 36.6 Å². The average Bonchev–Trinajstić information content (AvgIpc) is 3.43. The van der Waals surface area contributed by atoms with Gasteiger partial charge in [0.25, 0.3) is 11.8 Å². The van der Waals surface area contributed by atoms with Gasteiger partial charge in [0.2, 0.25) is 0 Å². The van der Waals surface area contributed by atoms with Gasteiger partial charge < -0.3 is 9.15 Å². The zero-order valence-corrected chi connectivity index (χ0v) is 16.7. The monoisotopic (exact) mass is 411 g/mol. The second-order valence-electron chi connectivity index (χ2n) is 5.92. The van der Waals surface area contributed by atoms with Crippen molar-refractivity contribution in [3.63, 3.8) is 0 Å². The Morgan fingerprint density at radius 2 is 1.89 bits per heavy atom. The van der Waals surface area contributed by atoms with Crippen molar-refractivity contribution in [2.75, 3.05) is 11.5 Å². The first kappa shape index (κ1) is 18.6. The standard InChI is InChI=1S/C21H17NO4S2/c1-2-25-15-9-7-14(8-10-15)22-20(23)18(17-6-4-12-27-17)19(21(22)24)28-13-16-5-3-11-26-16/h3-12H,2,13H2,1H3. The number of nitrogens with zero attached hydrogens (tertiary/aromatic N) is 1. The molecule has 1 aromatic carbocycles. The van der Waals surface area contributed by atoms with E-state index >= 15 is 0 Å². The molecule has 7 heteroatoms. The zero-order chi connectivity index (χ0) is 19.5. The number of thioether (sulfide) groups is 1. The summed E-state index contributed by atoms with van der Waals surface area (Å²) < 4.78 is 10.8. The highest BCUT2D eigenvalue weighted by Gasteiger charge is 2.40. The Balaban J connectivity index is 1.66. The van der Waals surface area contributed by atoms with Crippen LogP contribution >= 0.6 is 23.1 Å². The first-order valence-electron chi connectivity index (χ1n) is 8.74. The molecule has 2 aromatic heterocycles. The molecule has 0 radical (unpaired) electrons. The maximum Gasteiger partial charge on any atom is 0.272 e. The summed E-state index contributed by atoms with van der Waals surface area (Å²) in [6, 6.07) is 14.4. The highest BCUT2D eigenvalue weighted by atomic mass is 32.2. The minimum Gasteiger partial charge on any atom is -0.494 e. The minimum absolute atomic E-state index is 0.307. The molecule has 142 valence electrons. The molecular weight excluding hydrogens is 394 g/mol. The van der Waals surface area contributed by atoms with Gasteiger partial charge in [-0.2, -0.15) is 0 Å². The molecule has 0 aliphatic carbocycles. The highest BCUT2D eigenvalue weighted by Crippen LogP contribution is 2.41. The van der Waals surface area contributed by atoms with Gasteiger partial charge in [0, 0.05) is 4.88 Å². The number of rotatable bonds is 7. The third-order valence-corrected chi connectivity index (χ3v) is 6.14. The summed E-state index contributed by atoms with van der Waals surface area (Å²) in [5.74, 6) is 1.31. The lowest BCUT2D eigenvalue weighted by Gasteiger charge is -2.15. The van der Waals surface area contributed by atoms with E-state index in [2.05, 4.69) is 0 Å². The molecule has 0 saturated carbocycles. The third kappa shape index (κ3) is 3.50. The van der Waals surface area contributed by atoms with Crippen LogP contribution < -0.4 is 9.64 Å². The number of amides is 2. The fourth-order valence-corrected chi connectivity index (χ4v) is 4.75. The quantitative estimate of drug-likeness (QED) is 0.515. The number of anilines is 1. The maximum absolute atomic E-state index is 13.2. The molecule has 2 amide bonds. The zero-order valence-electron chi connectivity index (χ0n) is 15.1. The van der Waals surface area contributed by atoms with Gasteiger partial charge in [-0.1, -0.05) is 6.07 Å². The number of furan rings is 1. The van der Waals surface area contributed by atoms with Crippen molar-refractivity contribution in [3.8, 4) is 5.75 Å². The van der Waals surface area contributed by atoms with Crippen LogP contribution in [-0.2, 0) is 15.3 Å². The number of imide groups is 1. The summed E-state index contributed by atoms with van der Waals surface area (Å²) >= 11 is 2.77. The van der Waals surface area contributed by atoms with E-state index in [9.17, 15) is 9.59 Å². The van der Waals surface area contributed by atoms with Gasteiger partial charge in [-0.3, -0.25) is 9.59 Å². The number of carbonyl (C=O) groups is 2. The second kappa shape index (κ2) is 8.08. The summed E-state index contributed by atoms with van der Waals surface area (Å²) in [4.78, 5) is 28.8. The Bertz CT molecular complexity index is 1010. The van der Waals surface area contributed by atoms with E-state index in [4.69, 9.17) is 9.15 Å². The van der Waals surface area contributed by atoms with E-state index in [0.717, 1.165) is 10.6 Å². The Hall–Kier alpha value is -2.77. The smallest absolute Gasteiger partial charge is 0.272 e. The maximum atomic E-state index is 13.2. The largest absolute Gasteiger partial charge is 0.494 e. The number of carbonyl (C=O) groups excluding carboxylic acids is 2. The van der Waals surface area contributed by atoms with E-state index < -0.39 is 0 Å². The van der Waals surface area contributed by atoms with Gasteiger partial charge in [-0.05, 0) is 54.8 Å². The van der Waals surface area contributed by atoms with E-state index in [0.29, 0.717) is 34.3 Å². The van der Waals surface area contributed by atoms with Gasteiger partial charge >= 0.3 is 0 Å². The van der Waals surface area contributed by atoms with E-state index in [1.165, 1.54) is 28.0 Å². The molecule has 1 aliphatic rings. The molecule has 0 atom stereocenters. The van der Waals surface area contributed by atoms with E-state index in [1.807, 2.05) is 30.5 Å². The lowest BCUT2D eigenvalue weighted by atomic mass is 10.2. The topological polar surface area (TPSA) is 59.8 Å². The number of benzene rings is 1. The summed E-state index contributed by atoms with van der Waals surface area (Å²) in [6.07, 6.45) is 1.60. The molecule has 0 N–H and O–H groups in total. The number of hydrogen-bond donors (Lipinski definition) is 0. The second-order valence-corrected chi connectivity index (χ2v) is 7.86. The average molecular weight is 412 g/mol. The minimum atomic E-state index is -0.311. The van der Waals surface area contributed by atoms with Crippen LogP contribution in [0.15, 0.2) is 69.5 Å². The number of thiophene rings is 1. The van der Waals surface area contributed by atoms with Gasteiger partial charge in [-0.25, -0.2) is 4.90 Å². The normalized spacial score (nSPS) is 14.2. The molecule has 1 aliphatic heterocycles. The number of ether oxygens (including phenoxy) is 1. The van der Waals surface area contributed by atoms with Crippen LogP contribution in [0, 0.1) is 0 Å². The van der Waals surface area contributed by atoms with Crippen molar-refractivity contribution in [2.24, 2.45) is 0 Å². The van der Waals surface area contributed by atoms with Crippen LogP contribution in [0.25, 0.3) is 5.57 Å². The predicted molar refractivity (Wildman–Crippen MR) is 111 cm³/mol. The number of hydrogen-bond acceptors (Lipinski definition) is 6. The highest BCUT2D eigenvalue weighted by molar-refractivity contribution is 8.03. The molecule has 0 fully saturated rings. The van der Waals surface area contributed by atoms with Gasteiger partial charge in [0.15, 0.2) is 0 Å². The summed E-state index contributed by atoms with van der Waals surface area (Å²) in [7, 11) is 0. The van der Waals surface area contributed by atoms with Crippen molar-refractivity contribution in [2.45, 2.75) is 12.7 Å². The Kier molecular flexibility index (Phi) is 5.36. The molecular formula is C21H17NO4S2. The fraction of sp³-hybridized carbons (Fsp3) is 0.143.